The molecule has 4 aromatic rings. The van der Waals surface area contributed by atoms with Gasteiger partial charge < -0.3 is 5.32 Å². The Morgan fingerprint density at radius 2 is 2.07 bits per heavy atom. The fourth-order valence-corrected chi connectivity index (χ4v) is 4.44. The van der Waals surface area contributed by atoms with Crippen LogP contribution in [0.5, 0.6) is 0 Å². The summed E-state index contributed by atoms with van der Waals surface area (Å²) in [6, 6.07) is 10.0. The highest BCUT2D eigenvalue weighted by Crippen LogP contribution is 2.24. The molecule has 0 aliphatic carbocycles. The van der Waals surface area contributed by atoms with Crippen LogP contribution in [-0.2, 0) is 17.6 Å². The van der Waals surface area contributed by atoms with Gasteiger partial charge in [0.25, 0.3) is 0 Å². The van der Waals surface area contributed by atoms with Gasteiger partial charge in [-0.05, 0) is 6.42 Å². The van der Waals surface area contributed by atoms with Crippen molar-refractivity contribution in [2.24, 2.45) is 0 Å². The van der Waals surface area contributed by atoms with Crippen molar-refractivity contribution in [3.63, 3.8) is 0 Å². The highest BCUT2D eigenvalue weighted by Gasteiger charge is 2.14. The van der Waals surface area contributed by atoms with Gasteiger partial charge in [-0.25, -0.2) is 4.98 Å². The van der Waals surface area contributed by atoms with E-state index in [2.05, 4.69) is 27.4 Å². The van der Waals surface area contributed by atoms with Crippen LogP contribution in [-0.4, -0.2) is 25.5 Å². The number of amides is 1. The Hall–Kier alpha value is -2.58. The summed E-state index contributed by atoms with van der Waals surface area (Å²) in [5, 5.41) is 14.6. The van der Waals surface area contributed by atoms with Crippen LogP contribution in [0.1, 0.15) is 30.5 Å². The zero-order valence-corrected chi connectivity index (χ0v) is 16.5. The van der Waals surface area contributed by atoms with Crippen molar-refractivity contribution in [1.82, 2.24) is 19.6 Å². The fraction of sp³-hybridized carbons (Fsp3) is 0.263. The Labute approximate surface area is 164 Å². The fourth-order valence-electron chi connectivity index (χ4n) is 2.77. The van der Waals surface area contributed by atoms with Gasteiger partial charge >= 0.3 is 0 Å². The van der Waals surface area contributed by atoms with Crippen LogP contribution in [0.4, 0.5) is 5.13 Å². The third-order valence-corrected chi connectivity index (χ3v) is 5.94. The molecule has 0 aliphatic rings. The van der Waals surface area contributed by atoms with Gasteiger partial charge in [0, 0.05) is 29.3 Å². The van der Waals surface area contributed by atoms with Crippen molar-refractivity contribution < 1.29 is 4.79 Å². The molecule has 0 saturated heterocycles. The van der Waals surface area contributed by atoms with Gasteiger partial charge in [0.2, 0.25) is 11.0 Å². The topological polar surface area (TPSA) is 72.2 Å². The van der Waals surface area contributed by atoms with E-state index in [9.17, 15) is 4.79 Å². The van der Waals surface area contributed by atoms with E-state index in [1.54, 1.807) is 0 Å². The first-order valence-corrected chi connectivity index (χ1v) is 10.6. The molecule has 0 fully saturated rings. The molecule has 1 N–H and O–H groups in total. The van der Waals surface area contributed by atoms with Crippen molar-refractivity contribution in [3.8, 4) is 11.3 Å². The summed E-state index contributed by atoms with van der Waals surface area (Å²) in [7, 11) is 0. The number of rotatable bonds is 7. The number of nitrogens with zero attached hydrogens (tertiary/aromatic N) is 4. The minimum Gasteiger partial charge on any atom is -0.300 e. The van der Waals surface area contributed by atoms with Gasteiger partial charge in [0.15, 0.2) is 4.96 Å². The van der Waals surface area contributed by atoms with E-state index < -0.39 is 0 Å². The van der Waals surface area contributed by atoms with Crippen molar-refractivity contribution in [3.05, 3.63) is 52.6 Å². The zero-order valence-electron chi connectivity index (χ0n) is 14.9. The standard InChI is InChI=1S/C19H19N5OS2/c1-2-3-9-17-22-23-18(27-17)21-16(25)10-14-12-26-19-20-15(11-24(14)19)13-7-5-4-6-8-13/h4-8,11-12H,2-3,9-10H2,1H3,(H,21,23,25). The average molecular weight is 398 g/mol. The van der Waals surface area contributed by atoms with E-state index in [1.165, 1.54) is 22.7 Å². The molecule has 8 heteroatoms. The minimum atomic E-state index is -0.0946. The van der Waals surface area contributed by atoms with Crippen LogP contribution in [0.15, 0.2) is 41.9 Å². The average Bonchev–Trinajstić information content (AvgIpc) is 3.38. The molecule has 0 spiro atoms. The Balaban J connectivity index is 1.46. The number of aromatic nitrogens is 4. The maximum absolute atomic E-state index is 12.4. The van der Waals surface area contributed by atoms with E-state index in [0.717, 1.165) is 46.2 Å². The smallest absolute Gasteiger partial charge is 0.232 e. The number of nitrogens with one attached hydrogen (secondary N) is 1. The molecule has 0 bridgehead atoms. The normalized spacial score (nSPS) is 11.1. The summed E-state index contributed by atoms with van der Waals surface area (Å²) in [6.07, 6.45) is 5.36. The van der Waals surface area contributed by atoms with Crippen LogP contribution in [0.3, 0.4) is 0 Å². The number of aryl methyl sites for hydroxylation is 1. The molecule has 0 aliphatic heterocycles. The number of carbonyl (C=O) groups excluding carboxylic acids is 1. The number of hydrogen-bond acceptors (Lipinski definition) is 6. The molecule has 0 atom stereocenters. The van der Waals surface area contributed by atoms with E-state index in [4.69, 9.17) is 0 Å². The molecule has 0 radical (unpaired) electrons. The Bertz CT molecular complexity index is 1050. The van der Waals surface area contributed by atoms with Crippen LogP contribution < -0.4 is 5.32 Å². The maximum Gasteiger partial charge on any atom is 0.232 e. The first-order valence-electron chi connectivity index (χ1n) is 8.86. The molecule has 27 heavy (non-hydrogen) atoms. The monoisotopic (exact) mass is 397 g/mol. The lowest BCUT2D eigenvalue weighted by Gasteiger charge is -2.00. The number of unbranched alkanes of at least 4 members (excludes halogenated alkanes) is 1. The third kappa shape index (κ3) is 4.06. The molecule has 1 aromatic carbocycles. The van der Waals surface area contributed by atoms with Gasteiger partial charge in [0.05, 0.1) is 12.1 Å². The summed E-state index contributed by atoms with van der Waals surface area (Å²) in [5.74, 6) is -0.0946. The van der Waals surface area contributed by atoms with Crippen LogP contribution >= 0.6 is 22.7 Å². The van der Waals surface area contributed by atoms with E-state index in [-0.39, 0.29) is 12.3 Å². The highest BCUT2D eigenvalue weighted by molar-refractivity contribution is 7.15. The Morgan fingerprint density at radius 3 is 2.89 bits per heavy atom. The third-order valence-electron chi connectivity index (χ3n) is 4.15. The summed E-state index contributed by atoms with van der Waals surface area (Å²) < 4.78 is 1.99. The number of hydrogen-bond donors (Lipinski definition) is 1. The number of fused-ring (bicyclic) bond motifs is 1. The molecular weight excluding hydrogens is 378 g/mol. The molecule has 1 amide bonds. The molecule has 0 saturated carbocycles. The lowest BCUT2D eigenvalue weighted by atomic mass is 10.2. The number of imidazole rings is 1. The number of carbonyl (C=O) groups is 1. The SMILES string of the molecule is CCCCc1nnc(NC(=O)Cc2csc3nc(-c4ccccc4)cn23)s1. The van der Waals surface area contributed by atoms with Gasteiger partial charge in [-0.15, -0.1) is 21.5 Å². The maximum atomic E-state index is 12.4. The van der Waals surface area contributed by atoms with Gasteiger partial charge in [-0.2, -0.15) is 0 Å². The quantitative estimate of drug-likeness (QED) is 0.500. The van der Waals surface area contributed by atoms with Crippen LogP contribution in [0.2, 0.25) is 0 Å². The first kappa shape index (κ1) is 17.8. The number of thiazole rings is 1. The summed E-state index contributed by atoms with van der Waals surface area (Å²) >= 11 is 2.99. The van der Waals surface area contributed by atoms with Crippen molar-refractivity contribution >= 4 is 38.7 Å². The summed E-state index contributed by atoms with van der Waals surface area (Å²) in [4.78, 5) is 18.0. The second-order valence-electron chi connectivity index (χ2n) is 6.20. The molecule has 138 valence electrons. The molecule has 3 aromatic heterocycles. The molecule has 6 nitrogen and oxygen atoms in total. The summed E-state index contributed by atoms with van der Waals surface area (Å²) in [5.41, 5.74) is 2.89. The molecule has 4 rings (SSSR count). The number of anilines is 1. The minimum absolute atomic E-state index is 0.0946. The van der Waals surface area contributed by atoms with E-state index in [0.29, 0.717) is 5.13 Å². The Morgan fingerprint density at radius 1 is 1.22 bits per heavy atom. The predicted molar refractivity (Wildman–Crippen MR) is 109 cm³/mol. The lowest BCUT2D eigenvalue weighted by Crippen LogP contribution is -2.15. The summed E-state index contributed by atoms with van der Waals surface area (Å²) in [6.45, 7) is 2.14. The van der Waals surface area contributed by atoms with Crippen LogP contribution in [0, 0.1) is 0 Å². The molecule has 3 heterocycles. The van der Waals surface area contributed by atoms with Gasteiger partial charge in [0.1, 0.15) is 5.01 Å². The van der Waals surface area contributed by atoms with Gasteiger partial charge in [-0.3, -0.25) is 9.20 Å². The predicted octanol–water partition coefficient (Wildman–Crippen LogP) is 4.44. The second-order valence-corrected chi connectivity index (χ2v) is 8.10. The molecule has 0 unspecified atom stereocenters. The first-order chi connectivity index (χ1) is 13.2. The number of benzene rings is 1. The highest BCUT2D eigenvalue weighted by atomic mass is 32.1. The molecular formula is C19H19N5OS2. The van der Waals surface area contributed by atoms with Gasteiger partial charge in [-0.1, -0.05) is 55.0 Å². The van der Waals surface area contributed by atoms with Crippen molar-refractivity contribution in [2.45, 2.75) is 32.6 Å². The Kier molecular flexibility index (Phi) is 5.26. The van der Waals surface area contributed by atoms with E-state index >= 15 is 0 Å². The van der Waals surface area contributed by atoms with E-state index in [1.807, 2.05) is 46.3 Å². The van der Waals surface area contributed by atoms with Crippen LogP contribution in [0.25, 0.3) is 16.2 Å². The lowest BCUT2D eigenvalue weighted by molar-refractivity contribution is -0.115. The second kappa shape index (κ2) is 7.98. The largest absolute Gasteiger partial charge is 0.300 e. The van der Waals surface area contributed by atoms with Crippen molar-refractivity contribution in [1.29, 1.82) is 0 Å². The zero-order chi connectivity index (χ0) is 18.6. The van der Waals surface area contributed by atoms with Crippen molar-refractivity contribution in [2.75, 3.05) is 5.32 Å².